The molecule has 0 aliphatic rings. The van der Waals surface area contributed by atoms with Crippen molar-refractivity contribution in [3.63, 3.8) is 0 Å². The summed E-state index contributed by atoms with van der Waals surface area (Å²) in [5.41, 5.74) is 0.405. The molecule has 0 fully saturated rings. The smallest absolute Gasteiger partial charge is 0.261 e. The summed E-state index contributed by atoms with van der Waals surface area (Å²) >= 11 is 5.87. The third kappa shape index (κ3) is 2.59. The van der Waals surface area contributed by atoms with Gasteiger partial charge in [-0.25, -0.2) is 4.39 Å². The van der Waals surface area contributed by atoms with Gasteiger partial charge in [0, 0.05) is 5.02 Å². The summed E-state index contributed by atoms with van der Waals surface area (Å²) in [5, 5.41) is 14.6. The van der Waals surface area contributed by atoms with Gasteiger partial charge in [-0.15, -0.1) is 0 Å². The molecule has 2 rings (SSSR count). The van der Waals surface area contributed by atoms with Crippen LogP contribution in [-0.2, 0) is 6.54 Å². The molecule has 5 nitrogen and oxygen atoms in total. The molecule has 88 valence electrons. The van der Waals surface area contributed by atoms with Crippen LogP contribution in [0.15, 0.2) is 30.6 Å². The number of nitrogens with zero attached hydrogens (tertiary/aromatic N) is 3. The molecule has 0 atom stereocenters. The molecule has 1 heterocycles. The molecule has 0 unspecified atom stereocenters. The lowest BCUT2D eigenvalue weighted by molar-refractivity contribution is -0.385. The largest absolute Gasteiger partial charge is 0.307 e. The lowest BCUT2D eigenvalue weighted by atomic mass is 10.2. The number of hydrogen-bond donors (Lipinski definition) is 0. The Morgan fingerprint density at radius 2 is 2.29 bits per heavy atom. The van der Waals surface area contributed by atoms with E-state index in [1.807, 2.05) is 0 Å². The number of halogens is 2. The van der Waals surface area contributed by atoms with Crippen molar-refractivity contribution in [3.05, 3.63) is 57.1 Å². The molecule has 0 N–H and O–H groups in total. The molecule has 0 aliphatic carbocycles. The summed E-state index contributed by atoms with van der Waals surface area (Å²) in [4.78, 5) is 9.91. The molecule has 0 amide bonds. The van der Waals surface area contributed by atoms with Gasteiger partial charge in [-0.3, -0.25) is 14.8 Å². The second-order valence-electron chi connectivity index (χ2n) is 3.39. The van der Waals surface area contributed by atoms with Crippen LogP contribution in [0, 0.1) is 15.9 Å². The first-order chi connectivity index (χ1) is 8.06. The van der Waals surface area contributed by atoms with Crippen LogP contribution < -0.4 is 0 Å². The Bertz CT molecular complexity index is 570. The molecule has 0 saturated carbocycles. The molecule has 0 aliphatic heterocycles. The maximum atomic E-state index is 13.0. The minimum Gasteiger partial charge on any atom is -0.261 e. The quantitative estimate of drug-likeness (QED) is 0.626. The van der Waals surface area contributed by atoms with Gasteiger partial charge in [-0.2, -0.15) is 5.10 Å². The first-order valence-electron chi connectivity index (χ1n) is 4.67. The van der Waals surface area contributed by atoms with Crippen LogP contribution in [0.3, 0.4) is 0 Å². The Morgan fingerprint density at radius 1 is 1.53 bits per heavy atom. The van der Waals surface area contributed by atoms with Gasteiger partial charge in [0.25, 0.3) is 0 Å². The fraction of sp³-hybridized carbons (Fsp3) is 0.100. The highest BCUT2D eigenvalue weighted by Crippen LogP contribution is 2.19. The van der Waals surface area contributed by atoms with E-state index in [1.165, 1.54) is 29.1 Å². The molecule has 0 saturated heterocycles. The van der Waals surface area contributed by atoms with Gasteiger partial charge in [0.05, 0.1) is 11.5 Å². The first-order valence-corrected chi connectivity index (χ1v) is 5.05. The predicted octanol–water partition coefficient (Wildman–Crippen LogP) is 2.63. The van der Waals surface area contributed by atoms with Gasteiger partial charge in [0.15, 0.2) is 0 Å². The van der Waals surface area contributed by atoms with Crippen molar-refractivity contribution in [2.75, 3.05) is 0 Å². The summed E-state index contributed by atoms with van der Waals surface area (Å²) < 4.78 is 14.3. The highest BCUT2D eigenvalue weighted by molar-refractivity contribution is 6.31. The van der Waals surface area contributed by atoms with Crippen LogP contribution in [0.5, 0.6) is 0 Å². The van der Waals surface area contributed by atoms with Gasteiger partial charge in [0.1, 0.15) is 18.2 Å². The molecule has 17 heavy (non-hydrogen) atoms. The van der Waals surface area contributed by atoms with E-state index in [4.69, 9.17) is 11.6 Å². The van der Waals surface area contributed by atoms with E-state index in [-0.39, 0.29) is 12.2 Å². The Hall–Kier alpha value is -1.95. The molecule has 0 spiro atoms. The topological polar surface area (TPSA) is 61.0 Å². The van der Waals surface area contributed by atoms with Crippen LogP contribution in [0.1, 0.15) is 5.56 Å². The third-order valence-corrected chi connectivity index (χ3v) is 2.54. The van der Waals surface area contributed by atoms with Crippen molar-refractivity contribution in [2.45, 2.75) is 6.54 Å². The molecule has 1 aromatic heterocycles. The average molecular weight is 256 g/mol. The summed E-state index contributed by atoms with van der Waals surface area (Å²) in [6.07, 6.45) is 2.40. The second kappa shape index (κ2) is 4.50. The Kier molecular flexibility index (Phi) is 3.06. The fourth-order valence-corrected chi connectivity index (χ4v) is 1.55. The van der Waals surface area contributed by atoms with E-state index in [2.05, 4.69) is 5.10 Å². The zero-order valence-corrected chi connectivity index (χ0v) is 9.26. The van der Waals surface area contributed by atoms with Gasteiger partial charge in [-0.1, -0.05) is 11.6 Å². The van der Waals surface area contributed by atoms with Gasteiger partial charge in [0.2, 0.25) is 0 Å². The van der Waals surface area contributed by atoms with Crippen molar-refractivity contribution >= 4 is 17.3 Å². The lowest BCUT2D eigenvalue weighted by Gasteiger charge is -2.03. The lowest BCUT2D eigenvalue weighted by Crippen LogP contribution is -2.01. The second-order valence-corrected chi connectivity index (χ2v) is 3.80. The molecule has 0 radical (unpaired) electrons. The summed E-state index contributed by atoms with van der Waals surface area (Å²) in [7, 11) is 0. The van der Waals surface area contributed by atoms with Crippen LogP contribution in [0.2, 0.25) is 5.02 Å². The van der Waals surface area contributed by atoms with E-state index in [1.54, 1.807) is 0 Å². The highest BCUT2D eigenvalue weighted by Gasteiger charge is 2.10. The SMILES string of the molecule is O=[N+]([O-])c1cnn(Cc2cc(F)ccc2Cl)c1. The maximum absolute atomic E-state index is 13.0. The molecule has 2 aromatic rings. The van der Waals surface area contributed by atoms with E-state index < -0.39 is 10.7 Å². The third-order valence-electron chi connectivity index (χ3n) is 2.17. The zero-order chi connectivity index (χ0) is 12.4. The average Bonchev–Trinajstić information content (AvgIpc) is 2.72. The maximum Gasteiger partial charge on any atom is 0.307 e. The minimum atomic E-state index is -0.545. The first kappa shape index (κ1) is 11.5. The number of hydrogen-bond acceptors (Lipinski definition) is 3. The van der Waals surface area contributed by atoms with Crippen LogP contribution in [0.25, 0.3) is 0 Å². The van der Waals surface area contributed by atoms with Crippen LogP contribution in [0.4, 0.5) is 10.1 Å². The Morgan fingerprint density at radius 3 is 2.94 bits per heavy atom. The summed E-state index contributed by atoms with van der Waals surface area (Å²) in [6, 6.07) is 3.96. The van der Waals surface area contributed by atoms with Crippen LogP contribution in [-0.4, -0.2) is 14.7 Å². The molecule has 7 heteroatoms. The predicted molar refractivity (Wildman–Crippen MR) is 59.4 cm³/mol. The monoisotopic (exact) mass is 255 g/mol. The van der Waals surface area contributed by atoms with Crippen molar-refractivity contribution < 1.29 is 9.31 Å². The van der Waals surface area contributed by atoms with E-state index in [9.17, 15) is 14.5 Å². The normalized spacial score (nSPS) is 10.5. The van der Waals surface area contributed by atoms with E-state index in [0.717, 1.165) is 6.20 Å². The standard InChI is InChI=1S/C10H7ClFN3O2/c11-10-2-1-8(12)3-7(10)5-14-6-9(4-13-14)15(16)17/h1-4,6H,5H2. The van der Waals surface area contributed by atoms with Gasteiger partial charge in [-0.05, 0) is 23.8 Å². The molecule has 0 bridgehead atoms. The summed E-state index contributed by atoms with van der Waals surface area (Å²) in [5.74, 6) is -0.411. The van der Waals surface area contributed by atoms with Gasteiger partial charge < -0.3 is 0 Å². The van der Waals surface area contributed by atoms with E-state index in [0.29, 0.717) is 10.6 Å². The van der Waals surface area contributed by atoms with Crippen molar-refractivity contribution in [3.8, 4) is 0 Å². The van der Waals surface area contributed by atoms with E-state index >= 15 is 0 Å². The minimum absolute atomic E-state index is 0.113. The van der Waals surface area contributed by atoms with Crippen LogP contribution >= 0.6 is 11.6 Å². The van der Waals surface area contributed by atoms with Crippen molar-refractivity contribution in [2.24, 2.45) is 0 Å². The number of rotatable bonds is 3. The number of benzene rings is 1. The zero-order valence-electron chi connectivity index (χ0n) is 8.51. The number of aromatic nitrogens is 2. The van der Waals surface area contributed by atoms with Gasteiger partial charge >= 0.3 is 5.69 Å². The Labute approximate surface area is 101 Å². The highest BCUT2D eigenvalue weighted by atomic mass is 35.5. The van der Waals surface area contributed by atoms with Crippen molar-refractivity contribution in [1.82, 2.24) is 9.78 Å². The Balaban J connectivity index is 2.25. The molecular weight excluding hydrogens is 249 g/mol. The molecular formula is C10H7ClFN3O2. The van der Waals surface area contributed by atoms with Crippen molar-refractivity contribution in [1.29, 1.82) is 0 Å². The number of nitro groups is 1. The summed E-state index contributed by atoms with van der Waals surface area (Å²) in [6.45, 7) is 0.185. The molecule has 1 aromatic carbocycles. The fourth-order valence-electron chi connectivity index (χ4n) is 1.37.